The zero-order valence-corrected chi connectivity index (χ0v) is 5.00. The largest absolute Gasteiger partial charge is 0.449 e. The van der Waals surface area contributed by atoms with Crippen molar-refractivity contribution in [1.29, 1.82) is 0 Å². The van der Waals surface area contributed by atoms with Gasteiger partial charge in [0.1, 0.15) is 0 Å². The smallest absolute Gasteiger partial charge is 0.415 e. The molecule has 0 fully saturated rings. The van der Waals surface area contributed by atoms with Crippen LogP contribution in [0.1, 0.15) is 6.92 Å². The van der Waals surface area contributed by atoms with Crippen LogP contribution in [0.15, 0.2) is 4.42 Å². The van der Waals surface area contributed by atoms with Gasteiger partial charge in [-0.3, -0.25) is 0 Å². The van der Waals surface area contributed by atoms with E-state index in [2.05, 4.69) is 14.6 Å². The first kappa shape index (κ1) is 5.87. The Bertz CT molecular complexity index is 186. The predicted molar refractivity (Wildman–Crippen MR) is 29.9 cm³/mol. The normalized spacial score (nSPS) is 9.44. The maximum atomic E-state index is 5.09. The van der Waals surface area contributed by atoms with Gasteiger partial charge in [-0.25, -0.2) is 0 Å². The van der Waals surface area contributed by atoms with Crippen LogP contribution in [0.2, 0.25) is 0 Å². The summed E-state index contributed by atoms with van der Waals surface area (Å²) < 4.78 is 9.46. The fourth-order valence-corrected chi connectivity index (χ4v) is 0.402. The van der Waals surface area contributed by atoms with Crippen LogP contribution in [0.5, 0.6) is 6.08 Å². The molecule has 0 atom stereocenters. The van der Waals surface area contributed by atoms with Crippen LogP contribution in [-0.2, 0) is 0 Å². The fraction of sp³-hybridized carbons (Fsp3) is 0.500. The van der Waals surface area contributed by atoms with Gasteiger partial charge in [-0.15, -0.1) is 0 Å². The molecule has 0 saturated carbocycles. The zero-order valence-electron chi connectivity index (χ0n) is 5.00. The lowest BCUT2D eigenvalue weighted by atomic mass is 10.9. The molecule has 0 radical (unpaired) electrons. The lowest BCUT2D eigenvalue weighted by Gasteiger charge is -1.89. The van der Waals surface area contributed by atoms with E-state index in [1.165, 1.54) is 0 Å². The number of aromatic nitrogens is 2. The molecule has 2 N–H and O–H groups in total. The van der Waals surface area contributed by atoms with Gasteiger partial charge in [-0.1, -0.05) is 10.2 Å². The average molecular weight is 129 g/mol. The number of hydrogen-bond acceptors (Lipinski definition) is 5. The fourth-order valence-electron chi connectivity index (χ4n) is 0.402. The molecule has 1 aromatic rings. The Morgan fingerprint density at radius 2 is 2.44 bits per heavy atom. The summed E-state index contributed by atoms with van der Waals surface area (Å²) in [5.41, 5.74) is 5.09. The zero-order chi connectivity index (χ0) is 6.69. The first-order valence-electron chi connectivity index (χ1n) is 2.54. The van der Waals surface area contributed by atoms with Gasteiger partial charge >= 0.3 is 12.1 Å². The van der Waals surface area contributed by atoms with Gasteiger partial charge in [-0.05, 0) is 6.92 Å². The standard InChI is InChI=1S/C4H7N3O2/c1-2-8-4-7-6-3(5)9-4/h2H2,1H3,(H2,5,6). The molecule has 50 valence electrons. The summed E-state index contributed by atoms with van der Waals surface area (Å²) in [4.78, 5) is 0. The first-order valence-corrected chi connectivity index (χ1v) is 2.54. The number of rotatable bonds is 2. The van der Waals surface area contributed by atoms with E-state index in [1.807, 2.05) is 6.92 Å². The Kier molecular flexibility index (Phi) is 1.53. The molecule has 0 amide bonds. The molecule has 5 heteroatoms. The maximum absolute atomic E-state index is 5.09. The Hall–Kier alpha value is -1.26. The van der Waals surface area contributed by atoms with Crippen molar-refractivity contribution in [2.45, 2.75) is 6.92 Å². The third-order valence-corrected chi connectivity index (χ3v) is 0.690. The molecule has 0 aliphatic carbocycles. The van der Waals surface area contributed by atoms with Crippen LogP contribution < -0.4 is 10.5 Å². The van der Waals surface area contributed by atoms with E-state index < -0.39 is 0 Å². The van der Waals surface area contributed by atoms with Crippen molar-refractivity contribution in [1.82, 2.24) is 10.2 Å². The van der Waals surface area contributed by atoms with E-state index in [0.29, 0.717) is 6.61 Å². The van der Waals surface area contributed by atoms with Crippen LogP contribution in [0.4, 0.5) is 6.01 Å². The van der Waals surface area contributed by atoms with Crippen molar-refractivity contribution >= 4 is 6.01 Å². The lowest BCUT2D eigenvalue weighted by molar-refractivity contribution is 0.247. The van der Waals surface area contributed by atoms with Gasteiger partial charge < -0.3 is 14.9 Å². The molecule has 0 unspecified atom stereocenters. The minimum atomic E-state index is 0.0263. The highest BCUT2D eigenvalue weighted by Crippen LogP contribution is 2.07. The lowest BCUT2D eigenvalue weighted by Crippen LogP contribution is -1.90. The summed E-state index contributed by atoms with van der Waals surface area (Å²) in [6.45, 7) is 2.32. The summed E-state index contributed by atoms with van der Waals surface area (Å²) in [5, 5.41) is 6.81. The predicted octanol–water partition coefficient (Wildman–Crippen LogP) is 0.0505. The molecule has 0 saturated heterocycles. The SMILES string of the molecule is CCOc1nnc(N)o1. The Labute approximate surface area is 51.8 Å². The van der Waals surface area contributed by atoms with Crippen LogP contribution in [0.3, 0.4) is 0 Å². The number of ether oxygens (including phenoxy) is 1. The second-order valence-electron chi connectivity index (χ2n) is 1.34. The molecule has 9 heavy (non-hydrogen) atoms. The second-order valence-corrected chi connectivity index (χ2v) is 1.34. The van der Waals surface area contributed by atoms with Gasteiger partial charge in [0, 0.05) is 0 Å². The number of hydrogen-bond donors (Lipinski definition) is 1. The van der Waals surface area contributed by atoms with E-state index in [9.17, 15) is 0 Å². The monoisotopic (exact) mass is 129 g/mol. The minimum Gasteiger partial charge on any atom is -0.449 e. The number of nitrogens with two attached hydrogens (primary N) is 1. The molecular formula is C4H7N3O2. The van der Waals surface area contributed by atoms with Crippen molar-refractivity contribution < 1.29 is 9.15 Å². The van der Waals surface area contributed by atoms with Crippen molar-refractivity contribution in [3.63, 3.8) is 0 Å². The highest BCUT2D eigenvalue weighted by Gasteiger charge is 1.99. The van der Waals surface area contributed by atoms with Gasteiger partial charge in [0.05, 0.1) is 6.61 Å². The molecular weight excluding hydrogens is 122 g/mol. The van der Waals surface area contributed by atoms with Gasteiger partial charge in [0.15, 0.2) is 0 Å². The summed E-state index contributed by atoms with van der Waals surface area (Å²) in [7, 11) is 0. The third-order valence-electron chi connectivity index (χ3n) is 0.690. The number of anilines is 1. The Morgan fingerprint density at radius 3 is 2.89 bits per heavy atom. The highest BCUT2D eigenvalue weighted by molar-refractivity contribution is 5.06. The van der Waals surface area contributed by atoms with Crippen LogP contribution >= 0.6 is 0 Å². The molecule has 1 aromatic heterocycles. The first-order chi connectivity index (χ1) is 4.33. The summed E-state index contributed by atoms with van der Waals surface area (Å²) in [5.74, 6) is 0. The second kappa shape index (κ2) is 2.34. The van der Waals surface area contributed by atoms with Gasteiger partial charge in [-0.2, -0.15) is 0 Å². The summed E-state index contributed by atoms with van der Waals surface area (Å²) in [6, 6.07) is 0.0263. The molecule has 0 aromatic carbocycles. The van der Waals surface area contributed by atoms with Crippen molar-refractivity contribution in [3.8, 4) is 6.08 Å². The molecule has 0 spiro atoms. The maximum Gasteiger partial charge on any atom is 0.415 e. The van der Waals surface area contributed by atoms with Gasteiger partial charge in [0.25, 0.3) is 0 Å². The van der Waals surface area contributed by atoms with Crippen molar-refractivity contribution in [2.75, 3.05) is 12.3 Å². The number of nitrogens with zero attached hydrogens (tertiary/aromatic N) is 2. The van der Waals surface area contributed by atoms with Gasteiger partial charge in [0.2, 0.25) is 0 Å². The summed E-state index contributed by atoms with van der Waals surface area (Å²) >= 11 is 0. The van der Waals surface area contributed by atoms with Crippen LogP contribution in [0, 0.1) is 0 Å². The summed E-state index contributed by atoms with van der Waals surface area (Å²) in [6.07, 6.45) is 0.120. The van der Waals surface area contributed by atoms with E-state index in [-0.39, 0.29) is 12.1 Å². The quantitative estimate of drug-likeness (QED) is 0.610. The van der Waals surface area contributed by atoms with Crippen LogP contribution in [-0.4, -0.2) is 16.8 Å². The van der Waals surface area contributed by atoms with E-state index >= 15 is 0 Å². The van der Waals surface area contributed by atoms with E-state index in [1.54, 1.807) is 0 Å². The average Bonchev–Trinajstić information content (AvgIpc) is 2.17. The molecule has 1 rings (SSSR count). The Balaban J connectivity index is 2.61. The molecule has 0 aliphatic rings. The Morgan fingerprint density at radius 1 is 1.67 bits per heavy atom. The molecule has 0 aliphatic heterocycles. The molecule has 0 bridgehead atoms. The van der Waals surface area contributed by atoms with Crippen LogP contribution in [0.25, 0.3) is 0 Å². The van der Waals surface area contributed by atoms with Crippen molar-refractivity contribution in [2.24, 2.45) is 0 Å². The van der Waals surface area contributed by atoms with E-state index in [4.69, 9.17) is 10.5 Å². The topological polar surface area (TPSA) is 74.2 Å². The van der Waals surface area contributed by atoms with E-state index in [0.717, 1.165) is 0 Å². The third kappa shape index (κ3) is 1.31. The molecule has 1 heterocycles. The number of nitrogen functional groups attached to an aromatic ring is 1. The molecule has 5 nitrogen and oxygen atoms in total. The van der Waals surface area contributed by atoms with Crippen molar-refractivity contribution in [3.05, 3.63) is 0 Å². The highest BCUT2D eigenvalue weighted by atomic mass is 16.6. The minimum absolute atomic E-state index is 0.0263.